The van der Waals surface area contributed by atoms with Crippen molar-refractivity contribution in [3.8, 4) is 10.4 Å². The van der Waals surface area contributed by atoms with Gasteiger partial charge in [-0.1, -0.05) is 13.8 Å². The number of aromatic nitrogens is 3. The van der Waals surface area contributed by atoms with Crippen LogP contribution < -0.4 is 16.2 Å². The zero-order chi connectivity index (χ0) is 19.0. The number of pyridine rings is 2. The quantitative estimate of drug-likeness (QED) is 0.607. The van der Waals surface area contributed by atoms with Crippen LogP contribution in [0.3, 0.4) is 0 Å². The standard InChI is InChI=1S/C20H22N6S/c1-11(2)14-8-19(26-22-10-14)25-18-6-5-16-17(24-18)7-15(9-21-16)20-12(3)23-13(4)27-20/h5-11,22,26H,1-4H3,(H,24,25)/p+1. The van der Waals surface area contributed by atoms with E-state index in [1.54, 1.807) is 11.3 Å². The summed E-state index contributed by atoms with van der Waals surface area (Å²) in [6, 6.07) is 6.04. The Hall–Kier alpha value is -2.77. The number of nitrogens with zero attached hydrogens (tertiary/aromatic N) is 3. The third kappa shape index (κ3) is 3.70. The van der Waals surface area contributed by atoms with Crippen molar-refractivity contribution in [2.45, 2.75) is 27.7 Å². The first kappa shape index (κ1) is 17.6. The molecule has 1 aliphatic heterocycles. The van der Waals surface area contributed by atoms with Gasteiger partial charge >= 0.3 is 0 Å². The van der Waals surface area contributed by atoms with E-state index in [4.69, 9.17) is 4.98 Å². The van der Waals surface area contributed by atoms with Gasteiger partial charge in [-0.3, -0.25) is 10.3 Å². The smallest absolute Gasteiger partial charge is 0.228 e. The zero-order valence-corrected chi connectivity index (χ0v) is 16.7. The molecule has 7 heteroatoms. The van der Waals surface area contributed by atoms with Crippen LogP contribution in [0.2, 0.25) is 0 Å². The Labute approximate surface area is 162 Å². The van der Waals surface area contributed by atoms with Crippen molar-refractivity contribution in [3.63, 3.8) is 0 Å². The van der Waals surface area contributed by atoms with Crippen molar-refractivity contribution in [3.05, 3.63) is 58.8 Å². The first-order valence-electron chi connectivity index (χ1n) is 8.99. The number of hydrogen-bond donors (Lipinski definition) is 3. The highest BCUT2D eigenvalue weighted by atomic mass is 32.1. The number of hydrogen-bond acceptors (Lipinski definition) is 6. The molecule has 4 heterocycles. The minimum absolute atomic E-state index is 0.463. The van der Waals surface area contributed by atoms with Gasteiger partial charge in [-0.2, -0.15) is 5.43 Å². The van der Waals surface area contributed by atoms with Crippen LogP contribution in [-0.2, 0) is 0 Å². The Bertz CT molecular complexity index is 1060. The van der Waals surface area contributed by atoms with Gasteiger partial charge in [0, 0.05) is 17.8 Å². The minimum Gasteiger partial charge on any atom is -0.294 e. The molecule has 27 heavy (non-hydrogen) atoms. The van der Waals surface area contributed by atoms with Crippen LogP contribution >= 0.6 is 11.3 Å². The molecule has 0 aliphatic carbocycles. The van der Waals surface area contributed by atoms with Crippen molar-refractivity contribution in [1.82, 2.24) is 20.4 Å². The molecular weight excluding hydrogens is 356 g/mol. The van der Waals surface area contributed by atoms with E-state index in [0.29, 0.717) is 5.92 Å². The largest absolute Gasteiger partial charge is 0.294 e. The molecule has 4 rings (SSSR count). The van der Waals surface area contributed by atoms with Gasteiger partial charge in [-0.15, -0.1) is 11.3 Å². The van der Waals surface area contributed by atoms with E-state index in [2.05, 4.69) is 46.7 Å². The molecule has 0 saturated carbocycles. The summed E-state index contributed by atoms with van der Waals surface area (Å²) in [5.74, 6) is 2.25. The van der Waals surface area contributed by atoms with Crippen LogP contribution in [0.15, 0.2) is 48.1 Å². The maximum absolute atomic E-state index is 4.76. The lowest BCUT2D eigenvalue weighted by atomic mass is 10.0. The number of anilines is 1. The topological polar surface area (TPSA) is 79.3 Å². The Balaban J connectivity index is 1.65. The summed E-state index contributed by atoms with van der Waals surface area (Å²) in [7, 11) is 0. The number of quaternary nitrogens is 1. The molecule has 0 spiro atoms. The molecule has 138 valence electrons. The number of aryl methyl sites for hydroxylation is 2. The van der Waals surface area contributed by atoms with E-state index < -0.39 is 0 Å². The normalized spacial score (nSPS) is 14.1. The number of fused-ring (bicyclic) bond motifs is 1. The summed E-state index contributed by atoms with van der Waals surface area (Å²) in [6.45, 7) is 8.42. The second-order valence-corrected chi connectivity index (χ2v) is 8.14. The van der Waals surface area contributed by atoms with Gasteiger partial charge in [-0.25, -0.2) is 15.4 Å². The summed E-state index contributed by atoms with van der Waals surface area (Å²) in [5.41, 5.74) is 10.2. The van der Waals surface area contributed by atoms with Gasteiger partial charge in [-0.05, 0) is 43.5 Å². The summed E-state index contributed by atoms with van der Waals surface area (Å²) in [5, 5.41) is 4.45. The number of thiazole rings is 1. The highest BCUT2D eigenvalue weighted by molar-refractivity contribution is 7.15. The molecule has 3 aromatic rings. The number of nitrogens with one attached hydrogen (secondary N) is 2. The lowest BCUT2D eigenvalue weighted by Gasteiger charge is -2.16. The molecule has 0 saturated heterocycles. The van der Waals surface area contributed by atoms with Crippen LogP contribution in [0.25, 0.3) is 21.5 Å². The highest BCUT2D eigenvalue weighted by Gasteiger charge is 2.13. The van der Waals surface area contributed by atoms with E-state index in [1.165, 1.54) is 5.57 Å². The van der Waals surface area contributed by atoms with E-state index >= 15 is 0 Å². The van der Waals surface area contributed by atoms with Crippen LogP contribution in [0.5, 0.6) is 0 Å². The third-order valence-electron chi connectivity index (χ3n) is 4.45. The molecule has 0 unspecified atom stereocenters. The molecule has 0 atom stereocenters. The van der Waals surface area contributed by atoms with E-state index in [0.717, 1.165) is 43.8 Å². The highest BCUT2D eigenvalue weighted by Crippen LogP contribution is 2.30. The van der Waals surface area contributed by atoms with Gasteiger partial charge in [0.25, 0.3) is 0 Å². The maximum Gasteiger partial charge on any atom is 0.228 e. The molecule has 0 radical (unpaired) electrons. The minimum atomic E-state index is 0.463. The Morgan fingerprint density at radius 3 is 2.74 bits per heavy atom. The predicted molar refractivity (Wildman–Crippen MR) is 110 cm³/mol. The lowest BCUT2D eigenvalue weighted by Crippen LogP contribution is -2.92. The summed E-state index contributed by atoms with van der Waals surface area (Å²) in [6.07, 6.45) is 6.07. The molecule has 0 fully saturated rings. The zero-order valence-electron chi connectivity index (χ0n) is 15.9. The maximum atomic E-state index is 4.76. The predicted octanol–water partition coefficient (Wildman–Crippen LogP) is 3.24. The van der Waals surface area contributed by atoms with Crippen LogP contribution in [0, 0.1) is 19.8 Å². The summed E-state index contributed by atoms with van der Waals surface area (Å²) in [4.78, 5) is 15.0. The second kappa shape index (κ2) is 7.09. The fraction of sp³-hybridized carbons (Fsp3) is 0.250. The van der Waals surface area contributed by atoms with Crippen molar-refractivity contribution < 1.29 is 5.43 Å². The molecule has 0 amide bonds. The fourth-order valence-electron chi connectivity index (χ4n) is 3.04. The molecule has 6 nitrogen and oxygen atoms in total. The van der Waals surface area contributed by atoms with Crippen LogP contribution in [-0.4, -0.2) is 15.0 Å². The third-order valence-corrected chi connectivity index (χ3v) is 5.58. The molecular formula is C20H23N6S+. The monoisotopic (exact) mass is 379 g/mol. The summed E-state index contributed by atoms with van der Waals surface area (Å²) < 4.78 is 0. The Morgan fingerprint density at radius 1 is 1.15 bits per heavy atom. The Morgan fingerprint density at radius 2 is 2.00 bits per heavy atom. The molecule has 0 bridgehead atoms. The fourth-order valence-corrected chi connectivity index (χ4v) is 3.94. The van der Waals surface area contributed by atoms with Crippen molar-refractivity contribution in [2.24, 2.45) is 5.92 Å². The molecule has 0 aromatic carbocycles. The first-order chi connectivity index (χ1) is 13.0. The van der Waals surface area contributed by atoms with E-state index in [-0.39, 0.29) is 0 Å². The number of rotatable bonds is 4. The van der Waals surface area contributed by atoms with E-state index in [1.807, 2.05) is 43.8 Å². The Kier molecular flexibility index (Phi) is 4.63. The van der Waals surface area contributed by atoms with Gasteiger partial charge in [0.05, 0.1) is 32.8 Å². The van der Waals surface area contributed by atoms with Gasteiger partial charge < -0.3 is 0 Å². The van der Waals surface area contributed by atoms with Crippen LogP contribution in [0.4, 0.5) is 5.82 Å². The number of allylic oxidation sites excluding steroid dienone is 2. The van der Waals surface area contributed by atoms with Crippen molar-refractivity contribution in [2.75, 3.05) is 5.32 Å². The second-order valence-electron chi connectivity index (χ2n) is 6.94. The van der Waals surface area contributed by atoms with Crippen LogP contribution in [0.1, 0.15) is 24.5 Å². The van der Waals surface area contributed by atoms with E-state index in [9.17, 15) is 0 Å². The lowest BCUT2D eigenvalue weighted by molar-refractivity contribution is -0.656. The SMILES string of the molecule is Cc1nc(C)c(-c2cnc3ccc(NC4=CC(C(C)C)=CN[NH2+]4)nc3c2)s1. The number of nitrogens with two attached hydrogens (primary N) is 1. The van der Waals surface area contributed by atoms with Crippen molar-refractivity contribution in [1.29, 1.82) is 0 Å². The van der Waals surface area contributed by atoms with Gasteiger partial charge in [0.1, 0.15) is 5.82 Å². The first-order valence-corrected chi connectivity index (χ1v) is 9.80. The molecule has 3 aromatic heterocycles. The van der Waals surface area contributed by atoms with Gasteiger partial charge in [0.15, 0.2) is 0 Å². The van der Waals surface area contributed by atoms with Gasteiger partial charge in [0.2, 0.25) is 5.82 Å². The van der Waals surface area contributed by atoms with Crippen molar-refractivity contribution >= 4 is 28.2 Å². The average molecular weight is 380 g/mol. The molecule has 4 N–H and O–H groups in total. The molecule has 1 aliphatic rings. The summed E-state index contributed by atoms with van der Waals surface area (Å²) >= 11 is 1.69. The average Bonchev–Trinajstić information content (AvgIpc) is 2.99.